The zero-order valence-corrected chi connectivity index (χ0v) is 26.5. The lowest BCUT2D eigenvalue weighted by Crippen LogP contribution is -2.24. The van der Waals surface area contributed by atoms with Gasteiger partial charge in [0.25, 0.3) is 0 Å². The van der Waals surface area contributed by atoms with Crippen LogP contribution < -0.4 is 14.8 Å². The van der Waals surface area contributed by atoms with Crippen LogP contribution in [0.2, 0.25) is 0 Å². The van der Waals surface area contributed by atoms with E-state index in [0.29, 0.717) is 27.4 Å². The molecule has 3 aromatic carbocycles. The quantitative estimate of drug-likeness (QED) is 0.103. The van der Waals surface area contributed by atoms with Crippen molar-refractivity contribution in [3.8, 4) is 11.5 Å². The molecule has 1 unspecified atom stereocenters. The molecule has 1 atom stereocenters. The second-order valence-corrected chi connectivity index (χ2v) is 13.1. The van der Waals surface area contributed by atoms with Crippen molar-refractivity contribution in [2.45, 2.75) is 5.92 Å². The fourth-order valence-electron chi connectivity index (χ4n) is 6.11. The van der Waals surface area contributed by atoms with Crippen molar-refractivity contribution in [1.29, 1.82) is 0 Å². The molecule has 1 saturated carbocycles. The number of para-hydroxylation sites is 2. The predicted octanol–water partition coefficient (Wildman–Crippen LogP) is 6.12. The second-order valence-electron chi connectivity index (χ2n) is 11.1. The number of ether oxygens (including phenoxy) is 4. The molecule has 13 heteroatoms. The van der Waals surface area contributed by atoms with Gasteiger partial charge in [-0.25, -0.2) is 15.0 Å². The Kier molecular flexibility index (Phi) is 6.69. The highest BCUT2D eigenvalue weighted by Crippen LogP contribution is 2.48. The summed E-state index contributed by atoms with van der Waals surface area (Å²) >= 11 is 2.90. The Hall–Kier alpha value is -5.66. The van der Waals surface area contributed by atoms with Crippen LogP contribution in [0.4, 0.5) is 16.0 Å². The number of ketones is 3. The average molecular weight is 675 g/mol. The Balaban J connectivity index is 1.09. The van der Waals surface area contributed by atoms with Gasteiger partial charge in [-0.2, -0.15) is 0 Å². The Morgan fingerprint density at radius 2 is 1.40 bits per heavy atom. The molecule has 2 aromatic heterocycles. The van der Waals surface area contributed by atoms with Crippen LogP contribution in [0.3, 0.4) is 0 Å². The molecule has 48 heavy (non-hydrogen) atoms. The third-order valence-electron chi connectivity index (χ3n) is 8.22. The van der Waals surface area contributed by atoms with Crippen LogP contribution >= 0.6 is 22.7 Å². The molecular formula is C35H22N4O7S2. The van der Waals surface area contributed by atoms with E-state index in [0.717, 1.165) is 20.4 Å². The molecule has 0 amide bonds. The maximum absolute atomic E-state index is 14.1. The number of nitrogens with zero attached hydrogens (tertiary/aromatic N) is 3. The number of rotatable bonds is 4. The largest absolute Gasteiger partial charge is 0.486 e. The summed E-state index contributed by atoms with van der Waals surface area (Å²) in [6.45, 7) is 0.923. The van der Waals surface area contributed by atoms with Crippen molar-refractivity contribution >= 4 is 82.1 Å². The van der Waals surface area contributed by atoms with Crippen LogP contribution in [0, 0.1) is 0 Å². The summed E-state index contributed by atoms with van der Waals surface area (Å²) in [5.74, 6) is -2.78. The molecule has 2 aliphatic heterocycles. The van der Waals surface area contributed by atoms with E-state index in [9.17, 15) is 14.4 Å². The highest BCUT2D eigenvalue weighted by Gasteiger charge is 2.50. The van der Waals surface area contributed by atoms with Crippen molar-refractivity contribution in [3.63, 3.8) is 0 Å². The van der Waals surface area contributed by atoms with E-state index in [4.69, 9.17) is 18.9 Å². The number of Topliss-reactive ketones (excluding diaryl/α,β-unsaturated/α-hetero) is 3. The minimum Gasteiger partial charge on any atom is -0.486 e. The van der Waals surface area contributed by atoms with E-state index in [2.05, 4.69) is 20.3 Å². The first-order valence-corrected chi connectivity index (χ1v) is 16.7. The number of thiazole rings is 2. The smallest absolute Gasteiger partial charge is 0.234 e. The van der Waals surface area contributed by atoms with Crippen LogP contribution in [0.1, 0.15) is 11.5 Å². The van der Waals surface area contributed by atoms with E-state index >= 15 is 0 Å². The highest BCUT2D eigenvalue weighted by molar-refractivity contribution is 7.22. The Labute approximate surface area is 279 Å². The van der Waals surface area contributed by atoms with Crippen molar-refractivity contribution < 1.29 is 33.3 Å². The number of carbonyl (C=O) groups is 3. The molecule has 11 nitrogen and oxygen atoms in total. The van der Waals surface area contributed by atoms with Crippen LogP contribution in [-0.4, -0.2) is 59.5 Å². The standard InChI is InChI=1S/C35H22N4O7S2/c40-27-25(17-9-11-21(32-30(17)43-13-15-45-32)38-34-36-19-5-1-3-7-23(19)47-34)28(41)29(42)26(27)18-10-12-22(33-31(18)44-14-16-46-33)39-35-37-20-6-2-4-8-24(20)48-35/h1-12,25H,13-16H2,(H,36,38). The number of fused-ring (bicyclic) bond motifs is 3. The predicted molar refractivity (Wildman–Crippen MR) is 180 cm³/mol. The normalized spacial score (nSPS) is 21.2. The fraction of sp³-hybridized carbons (Fsp3) is 0.143. The van der Waals surface area contributed by atoms with Crippen molar-refractivity contribution in [2.75, 3.05) is 31.7 Å². The summed E-state index contributed by atoms with van der Waals surface area (Å²) in [6, 6.07) is 18.8. The number of aromatic nitrogens is 2. The maximum atomic E-state index is 14.1. The van der Waals surface area contributed by atoms with Crippen LogP contribution in [0.25, 0.3) is 20.4 Å². The minimum absolute atomic E-state index is 0.180. The first-order valence-electron chi connectivity index (χ1n) is 15.1. The minimum atomic E-state index is -1.41. The summed E-state index contributed by atoms with van der Waals surface area (Å²) in [4.78, 5) is 55.2. The number of aliphatic imine (C=N–C) groups is 1. The number of nitrogens with one attached hydrogen (secondary N) is 1. The molecule has 1 N–H and O–H groups in total. The summed E-state index contributed by atoms with van der Waals surface area (Å²) < 4.78 is 25.9. The molecule has 1 fully saturated rings. The van der Waals surface area contributed by atoms with Gasteiger partial charge in [-0.05, 0) is 42.5 Å². The molecule has 236 valence electrons. The monoisotopic (exact) mass is 674 g/mol. The topological polar surface area (TPSA) is 138 Å². The Bertz CT molecular complexity index is 2300. The van der Waals surface area contributed by atoms with Crippen LogP contribution in [0.5, 0.6) is 11.5 Å². The first kappa shape index (κ1) is 28.6. The van der Waals surface area contributed by atoms with Crippen molar-refractivity contribution in [3.05, 3.63) is 101 Å². The molecule has 4 heterocycles. The summed E-state index contributed by atoms with van der Waals surface area (Å²) in [7, 11) is 0. The van der Waals surface area contributed by atoms with Gasteiger partial charge in [-0.1, -0.05) is 53.0 Å². The van der Waals surface area contributed by atoms with Gasteiger partial charge in [-0.3, -0.25) is 14.4 Å². The number of hydrogen-bond acceptors (Lipinski definition) is 13. The molecule has 0 radical (unpaired) electrons. The average Bonchev–Trinajstić information content (AvgIpc) is 3.78. The zero-order chi connectivity index (χ0) is 32.4. The first-order chi connectivity index (χ1) is 23.5. The fourth-order valence-corrected chi connectivity index (χ4v) is 7.84. The lowest BCUT2D eigenvalue weighted by Gasteiger charge is -2.26. The zero-order valence-electron chi connectivity index (χ0n) is 24.8. The van der Waals surface area contributed by atoms with E-state index in [1.165, 1.54) is 22.7 Å². The molecule has 0 bridgehead atoms. The molecule has 5 aromatic rings. The molecular weight excluding hydrogens is 653 g/mol. The summed E-state index contributed by atoms with van der Waals surface area (Å²) in [6.07, 6.45) is 3.21. The number of carbonyl (C=O) groups excluding carboxylic acids is 3. The SMILES string of the molecule is O=C1C(=O)C(c2ccc(Nc3nc4ccccc4s3)c3c2OCCO3)C(=O)C1=C1C=CC(=Nc2nc3ccccc3s2)C2=C1OCCO2. The van der Waals surface area contributed by atoms with E-state index in [1.54, 1.807) is 24.3 Å². The summed E-state index contributed by atoms with van der Waals surface area (Å²) in [5, 5.41) is 4.45. The van der Waals surface area contributed by atoms with Gasteiger partial charge < -0.3 is 24.3 Å². The Morgan fingerprint density at radius 3 is 2.17 bits per heavy atom. The van der Waals surface area contributed by atoms with Gasteiger partial charge in [0, 0.05) is 11.1 Å². The number of anilines is 2. The molecule has 9 rings (SSSR count). The lowest BCUT2D eigenvalue weighted by atomic mass is 9.91. The molecule has 4 aliphatic rings. The number of hydrogen-bond donors (Lipinski definition) is 1. The number of allylic oxidation sites excluding steroid dienone is 3. The van der Waals surface area contributed by atoms with Crippen molar-refractivity contribution in [1.82, 2.24) is 9.97 Å². The van der Waals surface area contributed by atoms with Gasteiger partial charge in [0.2, 0.25) is 16.7 Å². The van der Waals surface area contributed by atoms with E-state index in [-0.39, 0.29) is 60.4 Å². The molecule has 0 saturated heterocycles. The van der Waals surface area contributed by atoms with Crippen molar-refractivity contribution in [2.24, 2.45) is 4.99 Å². The van der Waals surface area contributed by atoms with Gasteiger partial charge in [0.05, 0.1) is 31.7 Å². The van der Waals surface area contributed by atoms with Crippen LogP contribution in [0.15, 0.2) is 100 Å². The van der Waals surface area contributed by atoms with Gasteiger partial charge in [0.15, 0.2) is 33.9 Å². The maximum Gasteiger partial charge on any atom is 0.234 e. The number of benzene rings is 3. The van der Waals surface area contributed by atoms with Crippen LogP contribution in [-0.2, 0) is 23.9 Å². The highest BCUT2D eigenvalue weighted by atomic mass is 32.1. The lowest BCUT2D eigenvalue weighted by molar-refractivity contribution is -0.133. The van der Waals surface area contributed by atoms with Gasteiger partial charge in [0.1, 0.15) is 38.1 Å². The molecule has 0 spiro atoms. The molecule has 2 aliphatic carbocycles. The third kappa shape index (κ3) is 4.61. The van der Waals surface area contributed by atoms with E-state index < -0.39 is 23.3 Å². The second kappa shape index (κ2) is 11.2. The third-order valence-corrected chi connectivity index (χ3v) is 10.1. The van der Waals surface area contributed by atoms with E-state index in [1.807, 2.05) is 48.5 Å². The van der Waals surface area contributed by atoms with Gasteiger partial charge >= 0.3 is 0 Å². The summed E-state index contributed by atoms with van der Waals surface area (Å²) in [5.41, 5.74) is 2.85. The Morgan fingerprint density at radius 1 is 0.708 bits per heavy atom. The van der Waals surface area contributed by atoms with Gasteiger partial charge in [-0.15, -0.1) is 0 Å².